The number of benzene rings is 1. The summed E-state index contributed by atoms with van der Waals surface area (Å²) in [6.07, 6.45) is 0. The summed E-state index contributed by atoms with van der Waals surface area (Å²) in [4.78, 5) is 16.6. The van der Waals surface area contributed by atoms with Gasteiger partial charge >= 0.3 is 0 Å². The Labute approximate surface area is 121 Å². The summed E-state index contributed by atoms with van der Waals surface area (Å²) in [7, 11) is 4.13. The molecular formula is C16H25N3O. The number of nitrogens with zero attached hydrogens (tertiary/aromatic N) is 2. The third kappa shape index (κ3) is 3.02. The first-order chi connectivity index (χ1) is 9.40. The van der Waals surface area contributed by atoms with Crippen molar-refractivity contribution in [2.75, 3.05) is 27.2 Å². The topological polar surface area (TPSA) is 49.6 Å². The van der Waals surface area contributed by atoms with Crippen LogP contribution >= 0.6 is 0 Å². The van der Waals surface area contributed by atoms with Gasteiger partial charge in [-0.05, 0) is 32.5 Å². The fourth-order valence-electron chi connectivity index (χ4n) is 2.91. The molecule has 1 aromatic rings. The Morgan fingerprint density at radius 1 is 1.30 bits per heavy atom. The van der Waals surface area contributed by atoms with E-state index in [1.165, 1.54) is 5.56 Å². The van der Waals surface area contributed by atoms with Crippen molar-refractivity contribution in [2.24, 2.45) is 11.7 Å². The molecule has 1 fully saturated rings. The second kappa shape index (κ2) is 5.94. The molecule has 1 saturated heterocycles. The maximum absolute atomic E-state index is 12.5. The molecule has 4 heteroatoms. The minimum absolute atomic E-state index is 0.0325. The number of likely N-dealkylation sites (N-methyl/N-ethyl adjacent to an activating group) is 1. The van der Waals surface area contributed by atoms with Gasteiger partial charge in [0.15, 0.2) is 0 Å². The van der Waals surface area contributed by atoms with Gasteiger partial charge in [-0.2, -0.15) is 0 Å². The normalized spacial score (nSPS) is 24.2. The minimum atomic E-state index is -0.552. The van der Waals surface area contributed by atoms with E-state index < -0.39 is 6.04 Å². The molecule has 0 bridgehead atoms. The molecule has 110 valence electrons. The molecule has 20 heavy (non-hydrogen) atoms. The SMILES string of the molecule is Cc1ccc(C(N)C(=O)N2CC(C)C(N(C)C)C2)cc1. The van der Waals surface area contributed by atoms with Gasteiger partial charge in [0.25, 0.3) is 0 Å². The van der Waals surface area contributed by atoms with E-state index in [1.54, 1.807) is 0 Å². The van der Waals surface area contributed by atoms with Gasteiger partial charge in [-0.1, -0.05) is 36.8 Å². The molecule has 1 aromatic carbocycles. The average molecular weight is 275 g/mol. The van der Waals surface area contributed by atoms with Crippen LogP contribution < -0.4 is 5.73 Å². The van der Waals surface area contributed by atoms with E-state index in [0.29, 0.717) is 12.0 Å². The van der Waals surface area contributed by atoms with Gasteiger partial charge in [-0.3, -0.25) is 4.79 Å². The second-order valence-electron chi connectivity index (χ2n) is 6.14. The lowest BCUT2D eigenvalue weighted by Crippen LogP contribution is -2.39. The summed E-state index contributed by atoms with van der Waals surface area (Å²) >= 11 is 0. The Bertz CT molecular complexity index is 469. The molecule has 0 aliphatic carbocycles. The molecule has 2 N–H and O–H groups in total. The summed E-state index contributed by atoms with van der Waals surface area (Å²) in [5, 5.41) is 0. The summed E-state index contributed by atoms with van der Waals surface area (Å²) in [6.45, 7) is 5.78. The van der Waals surface area contributed by atoms with Crippen molar-refractivity contribution >= 4 is 5.91 Å². The number of hydrogen-bond acceptors (Lipinski definition) is 3. The zero-order valence-electron chi connectivity index (χ0n) is 12.8. The Morgan fingerprint density at radius 2 is 1.90 bits per heavy atom. The standard InChI is InChI=1S/C16H25N3O/c1-11-5-7-13(8-6-11)15(17)16(20)19-9-12(2)14(10-19)18(3)4/h5-8,12,14-15H,9-10,17H2,1-4H3. The first-order valence-electron chi connectivity index (χ1n) is 7.17. The molecule has 1 heterocycles. The number of aryl methyl sites for hydroxylation is 1. The molecular weight excluding hydrogens is 250 g/mol. The predicted octanol–water partition coefficient (Wildman–Crippen LogP) is 1.40. The molecule has 4 nitrogen and oxygen atoms in total. The van der Waals surface area contributed by atoms with Crippen LogP contribution in [0, 0.1) is 12.8 Å². The van der Waals surface area contributed by atoms with Gasteiger partial charge in [-0.25, -0.2) is 0 Å². The Hall–Kier alpha value is -1.39. The van der Waals surface area contributed by atoms with Crippen molar-refractivity contribution < 1.29 is 4.79 Å². The number of likely N-dealkylation sites (tertiary alicyclic amines) is 1. The average Bonchev–Trinajstić information content (AvgIpc) is 2.80. The lowest BCUT2D eigenvalue weighted by atomic mass is 10.0. The fraction of sp³-hybridized carbons (Fsp3) is 0.562. The summed E-state index contributed by atoms with van der Waals surface area (Å²) in [5.74, 6) is 0.518. The van der Waals surface area contributed by atoms with Crippen LogP contribution in [0.25, 0.3) is 0 Å². The van der Waals surface area contributed by atoms with Crippen molar-refractivity contribution in [3.63, 3.8) is 0 Å². The molecule has 1 amide bonds. The van der Waals surface area contributed by atoms with E-state index in [0.717, 1.165) is 18.7 Å². The van der Waals surface area contributed by atoms with E-state index in [9.17, 15) is 4.79 Å². The van der Waals surface area contributed by atoms with Gasteiger partial charge < -0.3 is 15.5 Å². The Balaban J connectivity index is 2.06. The molecule has 1 aliphatic rings. The highest BCUT2D eigenvalue weighted by molar-refractivity contribution is 5.83. The van der Waals surface area contributed by atoms with Gasteiger partial charge in [0.1, 0.15) is 6.04 Å². The third-order valence-electron chi connectivity index (χ3n) is 4.25. The maximum atomic E-state index is 12.5. The van der Waals surface area contributed by atoms with Crippen molar-refractivity contribution in [1.29, 1.82) is 0 Å². The van der Waals surface area contributed by atoms with Crippen molar-refractivity contribution in [3.8, 4) is 0 Å². The van der Waals surface area contributed by atoms with Crippen molar-refractivity contribution in [1.82, 2.24) is 9.80 Å². The fourth-order valence-corrected chi connectivity index (χ4v) is 2.91. The van der Waals surface area contributed by atoms with Crippen LogP contribution in [-0.2, 0) is 4.79 Å². The first-order valence-corrected chi connectivity index (χ1v) is 7.17. The highest BCUT2D eigenvalue weighted by Crippen LogP contribution is 2.23. The van der Waals surface area contributed by atoms with E-state index in [4.69, 9.17) is 5.73 Å². The highest BCUT2D eigenvalue weighted by Gasteiger charge is 2.35. The molecule has 0 saturated carbocycles. The van der Waals surface area contributed by atoms with E-state index in [-0.39, 0.29) is 5.91 Å². The lowest BCUT2D eigenvalue weighted by Gasteiger charge is -2.23. The Kier molecular flexibility index (Phi) is 4.45. The molecule has 0 spiro atoms. The number of carbonyl (C=O) groups is 1. The van der Waals surface area contributed by atoms with Crippen molar-refractivity contribution in [3.05, 3.63) is 35.4 Å². The third-order valence-corrected chi connectivity index (χ3v) is 4.25. The van der Waals surface area contributed by atoms with Gasteiger partial charge in [0.05, 0.1) is 0 Å². The van der Waals surface area contributed by atoms with Crippen LogP contribution in [0.2, 0.25) is 0 Å². The summed E-state index contributed by atoms with van der Waals surface area (Å²) in [5.41, 5.74) is 8.20. The van der Waals surface area contributed by atoms with Gasteiger partial charge in [0, 0.05) is 19.1 Å². The zero-order chi connectivity index (χ0) is 14.9. The smallest absolute Gasteiger partial charge is 0.244 e. The van der Waals surface area contributed by atoms with Crippen LogP contribution in [0.15, 0.2) is 24.3 Å². The first kappa shape index (κ1) is 15.0. The van der Waals surface area contributed by atoms with Crippen LogP contribution in [0.5, 0.6) is 0 Å². The number of carbonyl (C=O) groups excluding carboxylic acids is 1. The molecule has 3 unspecified atom stereocenters. The lowest BCUT2D eigenvalue weighted by molar-refractivity contribution is -0.131. The maximum Gasteiger partial charge on any atom is 0.244 e. The Morgan fingerprint density at radius 3 is 2.40 bits per heavy atom. The number of amides is 1. The molecule has 2 rings (SSSR count). The predicted molar refractivity (Wildman–Crippen MR) is 81.3 cm³/mol. The molecule has 1 aliphatic heterocycles. The molecule has 0 aromatic heterocycles. The zero-order valence-corrected chi connectivity index (χ0v) is 12.8. The summed E-state index contributed by atoms with van der Waals surface area (Å²) in [6, 6.07) is 7.75. The van der Waals surface area contributed by atoms with Crippen molar-refractivity contribution in [2.45, 2.75) is 25.9 Å². The van der Waals surface area contributed by atoms with Crippen LogP contribution in [0.3, 0.4) is 0 Å². The quantitative estimate of drug-likeness (QED) is 0.907. The van der Waals surface area contributed by atoms with E-state index in [2.05, 4.69) is 25.9 Å². The van der Waals surface area contributed by atoms with Crippen LogP contribution in [-0.4, -0.2) is 48.9 Å². The van der Waals surface area contributed by atoms with Gasteiger partial charge in [-0.15, -0.1) is 0 Å². The second-order valence-corrected chi connectivity index (χ2v) is 6.14. The molecule has 3 atom stereocenters. The van der Waals surface area contributed by atoms with Crippen LogP contribution in [0.1, 0.15) is 24.1 Å². The minimum Gasteiger partial charge on any atom is -0.339 e. The largest absolute Gasteiger partial charge is 0.339 e. The van der Waals surface area contributed by atoms with Gasteiger partial charge in [0.2, 0.25) is 5.91 Å². The van der Waals surface area contributed by atoms with E-state index >= 15 is 0 Å². The summed E-state index contributed by atoms with van der Waals surface area (Å²) < 4.78 is 0. The highest BCUT2D eigenvalue weighted by atomic mass is 16.2. The van der Waals surface area contributed by atoms with E-state index in [1.807, 2.05) is 36.1 Å². The molecule has 0 radical (unpaired) electrons. The monoisotopic (exact) mass is 275 g/mol. The number of hydrogen-bond donors (Lipinski definition) is 1. The van der Waals surface area contributed by atoms with Crippen LogP contribution in [0.4, 0.5) is 0 Å². The number of nitrogens with two attached hydrogens (primary N) is 1. The number of rotatable bonds is 3.